The minimum atomic E-state index is -0.392. The summed E-state index contributed by atoms with van der Waals surface area (Å²) in [5.74, 6) is 0.857. The molecule has 0 spiro atoms. The molecule has 5 nitrogen and oxygen atoms in total. The fourth-order valence-electron chi connectivity index (χ4n) is 2.84. The van der Waals surface area contributed by atoms with Crippen molar-refractivity contribution in [1.82, 2.24) is 9.80 Å². The largest absolute Gasteiger partial charge is 0.448 e. The average Bonchev–Trinajstić information content (AvgIpc) is 2.81. The van der Waals surface area contributed by atoms with Gasteiger partial charge in [0.15, 0.2) is 0 Å². The van der Waals surface area contributed by atoms with Gasteiger partial charge in [-0.1, -0.05) is 29.8 Å². The molecule has 2 fully saturated rings. The normalized spacial score (nSPS) is 22.0. The smallest absolute Gasteiger partial charge is 0.410 e. The molecule has 1 aromatic rings. The molecule has 3 rings (SSSR count). The van der Waals surface area contributed by atoms with E-state index in [-0.39, 0.29) is 12.5 Å². The fourth-order valence-corrected chi connectivity index (χ4v) is 4.44. The summed E-state index contributed by atoms with van der Waals surface area (Å²) in [7, 11) is 0. The Morgan fingerprint density at radius 1 is 1.30 bits per heavy atom. The van der Waals surface area contributed by atoms with E-state index in [1.807, 2.05) is 34.9 Å². The molecular weight excluding hydrogens is 336 g/mol. The number of thioether (sulfide) groups is 1. The van der Waals surface area contributed by atoms with Crippen LogP contribution in [0.1, 0.15) is 17.2 Å². The van der Waals surface area contributed by atoms with E-state index in [9.17, 15) is 9.59 Å². The van der Waals surface area contributed by atoms with Crippen molar-refractivity contribution in [1.29, 1.82) is 0 Å². The number of halogens is 1. The molecule has 0 aromatic heterocycles. The van der Waals surface area contributed by atoms with E-state index in [0.717, 1.165) is 22.8 Å². The second-order valence-corrected chi connectivity index (χ2v) is 7.30. The predicted molar refractivity (Wildman–Crippen MR) is 90.8 cm³/mol. The third-order valence-electron chi connectivity index (χ3n) is 4.12. The van der Waals surface area contributed by atoms with Gasteiger partial charge in [0.05, 0.1) is 6.54 Å². The fraction of sp³-hybridized carbons (Fsp3) is 0.500. The van der Waals surface area contributed by atoms with Crippen molar-refractivity contribution < 1.29 is 14.3 Å². The Labute approximate surface area is 144 Å². The zero-order chi connectivity index (χ0) is 16.2. The Kier molecular flexibility index (Phi) is 5.33. The first kappa shape index (κ1) is 16.5. The van der Waals surface area contributed by atoms with E-state index < -0.39 is 6.09 Å². The Balaban J connectivity index is 1.59. The van der Waals surface area contributed by atoms with Crippen molar-refractivity contribution >= 4 is 35.4 Å². The van der Waals surface area contributed by atoms with Gasteiger partial charge in [-0.15, -0.1) is 0 Å². The number of amides is 2. The summed E-state index contributed by atoms with van der Waals surface area (Å²) >= 11 is 8.12. The first-order valence-corrected chi connectivity index (χ1v) is 9.13. The molecule has 23 heavy (non-hydrogen) atoms. The highest BCUT2D eigenvalue weighted by Gasteiger charge is 2.28. The second-order valence-electron chi connectivity index (χ2n) is 5.59. The van der Waals surface area contributed by atoms with E-state index in [1.165, 1.54) is 4.90 Å². The van der Waals surface area contributed by atoms with Crippen molar-refractivity contribution in [2.45, 2.75) is 11.7 Å². The first-order chi connectivity index (χ1) is 11.1. The van der Waals surface area contributed by atoms with Gasteiger partial charge in [0.25, 0.3) is 0 Å². The number of benzene rings is 1. The molecule has 2 aliphatic rings. The van der Waals surface area contributed by atoms with Crippen LogP contribution >= 0.6 is 23.4 Å². The van der Waals surface area contributed by atoms with E-state index >= 15 is 0 Å². The number of carbonyl (C=O) groups is 2. The van der Waals surface area contributed by atoms with Gasteiger partial charge in [-0.2, -0.15) is 11.8 Å². The lowest BCUT2D eigenvalue weighted by Crippen LogP contribution is -2.41. The van der Waals surface area contributed by atoms with Crippen molar-refractivity contribution in [3.8, 4) is 0 Å². The molecule has 0 N–H and O–H groups in total. The topological polar surface area (TPSA) is 49.9 Å². The third-order valence-corrected chi connectivity index (χ3v) is 5.77. The summed E-state index contributed by atoms with van der Waals surface area (Å²) in [5, 5.41) is 1.09. The number of hydrogen-bond donors (Lipinski definition) is 0. The van der Waals surface area contributed by atoms with Gasteiger partial charge in [0.2, 0.25) is 5.91 Å². The Morgan fingerprint density at radius 2 is 2.13 bits per heavy atom. The Bertz CT molecular complexity index is 598. The van der Waals surface area contributed by atoms with Crippen LogP contribution in [0.2, 0.25) is 5.02 Å². The quantitative estimate of drug-likeness (QED) is 0.837. The summed E-state index contributed by atoms with van der Waals surface area (Å²) in [6.45, 7) is 2.37. The van der Waals surface area contributed by atoms with Gasteiger partial charge in [0, 0.05) is 29.1 Å². The van der Waals surface area contributed by atoms with Crippen LogP contribution in [0, 0.1) is 0 Å². The van der Waals surface area contributed by atoms with E-state index in [0.29, 0.717) is 31.5 Å². The molecule has 2 amide bonds. The second kappa shape index (κ2) is 7.45. The maximum Gasteiger partial charge on any atom is 0.410 e. The summed E-state index contributed by atoms with van der Waals surface area (Å²) in [6.07, 6.45) is 0.474. The van der Waals surface area contributed by atoms with Crippen molar-refractivity contribution in [3.63, 3.8) is 0 Å². The molecule has 0 aliphatic carbocycles. The van der Waals surface area contributed by atoms with Gasteiger partial charge in [-0.05, 0) is 18.1 Å². The molecule has 2 saturated heterocycles. The SMILES string of the molecule is O=C(CN1CCOC1=O)N1CCS[C@H](c2ccccc2Cl)CC1. The highest BCUT2D eigenvalue weighted by molar-refractivity contribution is 7.99. The third kappa shape index (κ3) is 3.93. The summed E-state index contributed by atoms with van der Waals surface area (Å²) in [4.78, 5) is 27.2. The Hall–Kier alpha value is -1.40. The lowest BCUT2D eigenvalue weighted by molar-refractivity contribution is -0.131. The summed E-state index contributed by atoms with van der Waals surface area (Å²) < 4.78 is 4.86. The van der Waals surface area contributed by atoms with Gasteiger partial charge >= 0.3 is 6.09 Å². The van der Waals surface area contributed by atoms with Crippen molar-refractivity contribution in [3.05, 3.63) is 34.9 Å². The molecule has 1 aromatic carbocycles. The van der Waals surface area contributed by atoms with Crippen LogP contribution in [0.3, 0.4) is 0 Å². The zero-order valence-corrected chi connectivity index (χ0v) is 14.3. The van der Waals surface area contributed by atoms with E-state index in [4.69, 9.17) is 16.3 Å². The van der Waals surface area contributed by atoms with Crippen LogP contribution in [-0.4, -0.2) is 60.3 Å². The summed E-state index contributed by atoms with van der Waals surface area (Å²) in [6, 6.07) is 7.88. The monoisotopic (exact) mass is 354 g/mol. The van der Waals surface area contributed by atoms with Crippen LogP contribution in [0.15, 0.2) is 24.3 Å². The van der Waals surface area contributed by atoms with Crippen LogP contribution in [0.5, 0.6) is 0 Å². The van der Waals surface area contributed by atoms with Gasteiger partial charge in [-0.25, -0.2) is 4.79 Å². The molecule has 0 unspecified atom stereocenters. The van der Waals surface area contributed by atoms with Crippen LogP contribution in [0.4, 0.5) is 4.79 Å². The maximum atomic E-state index is 12.4. The molecule has 2 aliphatic heterocycles. The maximum absolute atomic E-state index is 12.4. The average molecular weight is 355 g/mol. The van der Waals surface area contributed by atoms with E-state index in [1.54, 1.807) is 0 Å². The Morgan fingerprint density at radius 3 is 2.87 bits per heavy atom. The number of cyclic esters (lactones) is 1. The predicted octanol–water partition coefficient (Wildman–Crippen LogP) is 2.80. The highest BCUT2D eigenvalue weighted by Crippen LogP contribution is 2.37. The molecule has 2 heterocycles. The minimum Gasteiger partial charge on any atom is -0.448 e. The number of rotatable bonds is 3. The first-order valence-electron chi connectivity index (χ1n) is 7.70. The van der Waals surface area contributed by atoms with Crippen molar-refractivity contribution in [2.24, 2.45) is 0 Å². The molecule has 1 atom stereocenters. The standard InChI is InChI=1S/C16H19ClN2O3S/c17-13-4-2-1-3-12(13)14-5-6-18(8-10-23-14)15(20)11-19-7-9-22-16(19)21/h1-4,14H,5-11H2/t14-/m0/s1. The summed E-state index contributed by atoms with van der Waals surface area (Å²) in [5.41, 5.74) is 1.14. The van der Waals surface area contributed by atoms with Crippen molar-refractivity contribution in [2.75, 3.05) is 38.5 Å². The van der Waals surface area contributed by atoms with Crippen LogP contribution in [0.25, 0.3) is 0 Å². The lowest BCUT2D eigenvalue weighted by Gasteiger charge is -2.22. The highest BCUT2D eigenvalue weighted by atomic mass is 35.5. The van der Waals surface area contributed by atoms with Gasteiger partial charge in [-0.3, -0.25) is 9.69 Å². The molecule has 0 radical (unpaired) electrons. The van der Waals surface area contributed by atoms with Gasteiger partial charge in [0.1, 0.15) is 13.2 Å². The molecule has 0 bridgehead atoms. The zero-order valence-electron chi connectivity index (χ0n) is 12.7. The molecule has 7 heteroatoms. The molecule has 124 valence electrons. The van der Waals surface area contributed by atoms with Crippen LogP contribution < -0.4 is 0 Å². The van der Waals surface area contributed by atoms with Crippen LogP contribution in [-0.2, 0) is 9.53 Å². The lowest BCUT2D eigenvalue weighted by atomic mass is 10.1. The molecule has 0 saturated carbocycles. The molecular formula is C16H19ClN2O3S. The number of nitrogens with zero attached hydrogens (tertiary/aromatic N) is 2. The minimum absolute atomic E-state index is 0.00995. The number of hydrogen-bond acceptors (Lipinski definition) is 4. The number of carbonyl (C=O) groups excluding carboxylic acids is 2. The number of ether oxygens (including phenoxy) is 1. The van der Waals surface area contributed by atoms with Gasteiger partial charge < -0.3 is 9.64 Å². The van der Waals surface area contributed by atoms with E-state index in [2.05, 4.69) is 6.07 Å².